The molecule has 0 atom stereocenters. The minimum absolute atomic E-state index is 0.476. The number of anilines is 1. The molecule has 0 unspecified atom stereocenters. The summed E-state index contributed by atoms with van der Waals surface area (Å²) in [6, 6.07) is 7.79. The number of benzene rings is 1. The van der Waals surface area contributed by atoms with Crippen molar-refractivity contribution in [2.24, 2.45) is 0 Å². The normalized spacial score (nSPS) is 10.8. The van der Waals surface area contributed by atoms with E-state index in [0.717, 1.165) is 38.1 Å². The van der Waals surface area contributed by atoms with Crippen molar-refractivity contribution in [1.82, 2.24) is 15.2 Å². The van der Waals surface area contributed by atoms with Gasteiger partial charge in [0.25, 0.3) is 0 Å². The van der Waals surface area contributed by atoms with Crippen LogP contribution in [0.1, 0.15) is 10.7 Å². The van der Waals surface area contributed by atoms with E-state index in [0.29, 0.717) is 5.82 Å². The Balaban J connectivity index is 2.19. The Morgan fingerprint density at radius 1 is 1.29 bits per heavy atom. The highest BCUT2D eigenvalue weighted by Gasteiger charge is 2.19. The number of hydrogen-bond acceptors (Lipinski definition) is 5. The predicted octanol–water partition coefficient (Wildman–Crippen LogP) is 3.41. The van der Waals surface area contributed by atoms with Crippen LogP contribution >= 0.6 is 11.3 Å². The number of ether oxygens (including phenoxy) is 1. The largest absolute Gasteiger partial charge is 0.497 e. The lowest BCUT2D eigenvalue weighted by molar-refractivity contribution is 0.415. The number of thiazole rings is 1. The molecule has 2 aromatic heterocycles. The van der Waals surface area contributed by atoms with Crippen LogP contribution in [0.5, 0.6) is 5.75 Å². The minimum atomic E-state index is 0.476. The van der Waals surface area contributed by atoms with Crippen molar-refractivity contribution in [2.75, 3.05) is 12.8 Å². The number of H-pyrrole nitrogens is 1. The molecular formula is C15H16N4OS. The fourth-order valence-corrected chi connectivity index (χ4v) is 3.28. The van der Waals surface area contributed by atoms with Crippen LogP contribution in [0.15, 0.2) is 24.3 Å². The zero-order valence-electron chi connectivity index (χ0n) is 12.1. The first kappa shape index (κ1) is 13.6. The lowest BCUT2D eigenvalue weighted by Gasteiger charge is -2.06. The fraction of sp³-hybridized carbons (Fsp3) is 0.200. The molecule has 0 saturated carbocycles. The Kier molecular flexibility index (Phi) is 3.39. The van der Waals surface area contributed by atoms with Crippen LogP contribution in [0, 0.1) is 13.8 Å². The lowest BCUT2D eigenvalue weighted by atomic mass is 10.0. The van der Waals surface area contributed by atoms with E-state index >= 15 is 0 Å². The van der Waals surface area contributed by atoms with Gasteiger partial charge >= 0.3 is 0 Å². The summed E-state index contributed by atoms with van der Waals surface area (Å²) in [7, 11) is 1.65. The van der Waals surface area contributed by atoms with Crippen LogP contribution in [0.3, 0.4) is 0 Å². The Morgan fingerprint density at radius 2 is 2.10 bits per heavy atom. The van der Waals surface area contributed by atoms with Crippen molar-refractivity contribution in [2.45, 2.75) is 13.8 Å². The SMILES string of the molecule is COc1cccc(-c2c(N)n[nH]c2-c2sc(C)nc2C)c1. The van der Waals surface area contributed by atoms with Gasteiger partial charge < -0.3 is 10.5 Å². The molecule has 0 saturated heterocycles. The van der Waals surface area contributed by atoms with Crippen LogP contribution in [0.2, 0.25) is 0 Å². The Bertz CT molecular complexity index is 791. The molecule has 6 heteroatoms. The Hall–Kier alpha value is -2.34. The molecule has 5 nitrogen and oxygen atoms in total. The van der Waals surface area contributed by atoms with E-state index in [2.05, 4.69) is 15.2 Å². The molecule has 1 aromatic carbocycles. The Labute approximate surface area is 126 Å². The molecule has 0 radical (unpaired) electrons. The van der Waals surface area contributed by atoms with Crippen LogP contribution in [-0.2, 0) is 0 Å². The third kappa shape index (κ3) is 2.38. The first-order valence-corrected chi connectivity index (χ1v) is 7.34. The van der Waals surface area contributed by atoms with Crippen molar-refractivity contribution >= 4 is 17.2 Å². The van der Waals surface area contributed by atoms with E-state index in [1.807, 2.05) is 38.1 Å². The zero-order chi connectivity index (χ0) is 15.0. The van der Waals surface area contributed by atoms with Gasteiger partial charge in [-0.2, -0.15) is 5.10 Å². The van der Waals surface area contributed by atoms with Gasteiger partial charge in [-0.1, -0.05) is 12.1 Å². The quantitative estimate of drug-likeness (QED) is 0.777. The van der Waals surface area contributed by atoms with Gasteiger partial charge in [-0.05, 0) is 31.5 Å². The highest BCUT2D eigenvalue weighted by atomic mass is 32.1. The van der Waals surface area contributed by atoms with Gasteiger partial charge in [-0.25, -0.2) is 4.98 Å². The highest BCUT2D eigenvalue weighted by molar-refractivity contribution is 7.15. The van der Waals surface area contributed by atoms with E-state index in [-0.39, 0.29) is 0 Å². The average Bonchev–Trinajstić information content (AvgIpc) is 3.01. The molecule has 2 heterocycles. The molecule has 0 aliphatic heterocycles. The number of nitrogens with one attached hydrogen (secondary N) is 1. The summed E-state index contributed by atoms with van der Waals surface area (Å²) < 4.78 is 5.29. The van der Waals surface area contributed by atoms with Gasteiger partial charge in [0.1, 0.15) is 5.75 Å². The van der Waals surface area contributed by atoms with Crippen molar-refractivity contribution in [3.05, 3.63) is 35.0 Å². The molecule has 0 bridgehead atoms. The van der Waals surface area contributed by atoms with Crippen molar-refractivity contribution in [3.8, 4) is 27.4 Å². The topological polar surface area (TPSA) is 76.8 Å². The summed E-state index contributed by atoms with van der Waals surface area (Å²) in [5.41, 5.74) is 9.81. The number of nitrogen functional groups attached to an aromatic ring is 1. The maximum absolute atomic E-state index is 6.06. The predicted molar refractivity (Wildman–Crippen MR) is 85.6 cm³/mol. The van der Waals surface area contributed by atoms with Gasteiger partial charge in [0.05, 0.1) is 33.9 Å². The third-order valence-electron chi connectivity index (χ3n) is 3.28. The second-order valence-electron chi connectivity index (χ2n) is 4.74. The molecule has 108 valence electrons. The second kappa shape index (κ2) is 5.21. The van der Waals surface area contributed by atoms with Gasteiger partial charge in [0.15, 0.2) is 5.82 Å². The Morgan fingerprint density at radius 3 is 2.76 bits per heavy atom. The first-order valence-electron chi connectivity index (χ1n) is 6.53. The van der Waals surface area contributed by atoms with Gasteiger partial charge in [-0.15, -0.1) is 11.3 Å². The smallest absolute Gasteiger partial charge is 0.153 e. The van der Waals surface area contributed by atoms with Crippen LogP contribution in [-0.4, -0.2) is 22.3 Å². The number of aryl methyl sites for hydroxylation is 2. The van der Waals surface area contributed by atoms with Crippen molar-refractivity contribution in [3.63, 3.8) is 0 Å². The van der Waals surface area contributed by atoms with E-state index in [1.54, 1.807) is 18.4 Å². The zero-order valence-corrected chi connectivity index (χ0v) is 12.9. The maximum Gasteiger partial charge on any atom is 0.153 e. The molecule has 3 rings (SSSR count). The third-order valence-corrected chi connectivity index (χ3v) is 4.37. The molecule has 0 fully saturated rings. The molecule has 0 aliphatic rings. The molecule has 0 spiro atoms. The lowest BCUT2D eigenvalue weighted by Crippen LogP contribution is -1.90. The molecule has 0 amide bonds. The number of nitrogens with two attached hydrogens (primary N) is 1. The number of aromatic amines is 1. The summed E-state index contributed by atoms with van der Waals surface area (Å²) in [4.78, 5) is 5.53. The number of hydrogen-bond donors (Lipinski definition) is 2. The van der Waals surface area contributed by atoms with E-state index in [1.165, 1.54) is 0 Å². The van der Waals surface area contributed by atoms with Crippen molar-refractivity contribution in [1.29, 1.82) is 0 Å². The van der Waals surface area contributed by atoms with E-state index < -0.39 is 0 Å². The molecule has 21 heavy (non-hydrogen) atoms. The summed E-state index contributed by atoms with van der Waals surface area (Å²) >= 11 is 1.63. The van der Waals surface area contributed by atoms with Crippen LogP contribution in [0.4, 0.5) is 5.82 Å². The standard InChI is InChI=1S/C15H16N4OS/c1-8-14(21-9(2)17-8)13-12(15(16)19-18-13)10-5-4-6-11(7-10)20-3/h4-7H,1-3H3,(H3,16,18,19). The summed E-state index contributed by atoms with van der Waals surface area (Å²) in [6.07, 6.45) is 0. The first-order chi connectivity index (χ1) is 10.1. The van der Waals surface area contributed by atoms with Gasteiger partial charge in [-0.3, -0.25) is 5.10 Å². The summed E-state index contributed by atoms with van der Waals surface area (Å²) in [5.74, 6) is 1.26. The number of rotatable bonds is 3. The average molecular weight is 300 g/mol. The molecule has 3 aromatic rings. The number of methoxy groups -OCH3 is 1. The summed E-state index contributed by atoms with van der Waals surface area (Å²) in [5, 5.41) is 8.22. The van der Waals surface area contributed by atoms with E-state index in [4.69, 9.17) is 10.5 Å². The van der Waals surface area contributed by atoms with Gasteiger partial charge in [0.2, 0.25) is 0 Å². The second-order valence-corrected chi connectivity index (χ2v) is 5.94. The minimum Gasteiger partial charge on any atom is -0.497 e. The number of nitrogens with zero attached hydrogens (tertiary/aromatic N) is 2. The van der Waals surface area contributed by atoms with Crippen LogP contribution in [0.25, 0.3) is 21.7 Å². The van der Waals surface area contributed by atoms with E-state index in [9.17, 15) is 0 Å². The molecular weight excluding hydrogens is 284 g/mol. The molecule has 0 aliphatic carbocycles. The van der Waals surface area contributed by atoms with Crippen LogP contribution < -0.4 is 10.5 Å². The van der Waals surface area contributed by atoms with Crippen molar-refractivity contribution < 1.29 is 4.74 Å². The fourth-order valence-electron chi connectivity index (χ4n) is 2.35. The molecule has 3 N–H and O–H groups in total. The van der Waals surface area contributed by atoms with Gasteiger partial charge in [0, 0.05) is 0 Å². The monoisotopic (exact) mass is 300 g/mol. The summed E-state index contributed by atoms with van der Waals surface area (Å²) in [6.45, 7) is 3.98. The highest BCUT2D eigenvalue weighted by Crippen LogP contribution is 2.39. The number of aromatic nitrogens is 3. The maximum atomic E-state index is 6.06.